The van der Waals surface area contributed by atoms with E-state index in [9.17, 15) is 23.1 Å². The molecule has 0 radical (unpaired) electrons. The van der Waals surface area contributed by atoms with Crippen LogP contribution < -0.4 is 19.7 Å². The van der Waals surface area contributed by atoms with E-state index >= 15 is 0 Å². The molecule has 2 atom stereocenters. The number of aliphatic hydroxyl groups excluding tert-OH is 1. The number of amides is 1. The molecule has 5 rings (SSSR count). The molecule has 0 bridgehead atoms. The molecule has 46 heavy (non-hydrogen) atoms. The van der Waals surface area contributed by atoms with Gasteiger partial charge in [0.2, 0.25) is 0 Å². The third-order valence-corrected chi connectivity index (χ3v) is 8.50. The van der Waals surface area contributed by atoms with E-state index in [0.717, 1.165) is 35.5 Å². The molecule has 3 aromatic carbocycles. The number of alkyl halides is 3. The van der Waals surface area contributed by atoms with Gasteiger partial charge in [-0.2, -0.15) is 0 Å². The van der Waals surface area contributed by atoms with Crippen LogP contribution >= 0.6 is 11.9 Å². The third-order valence-electron chi connectivity index (χ3n) is 7.53. The fraction of sp³-hybridized carbons (Fsp3) is 0.333. The minimum absolute atomic E-state index is 0.105. The summed E-state index contributed by atoms with van der Waals surface area (Å²) in [6, 6.07) is 18.5. The lowest BCUT2D eigenvalue weighted by molar-refractivity contribution is -0.274. The van der Waals surface area contributed by atoms with Crippen LogP contribution in [0.25, 0.3) is 10.9 Å². The van der Waals surface area contributed by atoms with E-state index in [4.69, 9.17) is 9.90 Å². The predicted octanol–water partition coefficient (Wildman–Crippen LogP) is 5.39. The zero-order valence-electron chi connectivity index (χ0n) is 25.5. The molecule has 0 saturated heterocycles. The van der Waals surface area contributed by atoms with Crippen molar-refractivity contribution in [1.29, 1.82) is 0 Å². The number of benzene rings is 3. The number of halogens is 3. The molecule has 1 aliphatic heterocycles. The molecule has 4 aromatic rings. The van der Waals surface area contributed by atoms with E-state index in [1.165, 1.54) is 29.1 Å². The molecule has 0 spiro atoms. The number of anilines is 1. The SMILES string of the molecule is CCn1cc2c3c(cc(C(=O)N[C@@H](Cc4ccccc4)[C@H](O)CNCc4cccc(OC(F)(F)F)c4)cc31)N(C)SCC2.O=CO. The minimum atomic E-state index is -4.78. The Morgan fingerprint density at radius 3 is 2.52 bits per heavy atom. The summed E-state index contributed by atoms with van der Waals surface area (Å²) in [5.74, 6) is 0.356. The molecular weight excluding hydrogens is 621 g/mol. The third kappa shape index (κ3) is 9.18. The van der Waals surface area contributed by atoms with Crippen LogP contribution in [0.2, 0.25) is 0 Å². The number of hydrogen-bond acceptors (Lipinski definition) is 7. The quantitative estimate of drug-likeness (QED) is 0.125. The van der Waals surface area contributed by atoms with Crippen LogP contribution in [0.15, 0.2) is 72.9 Å². The second-order valence-electron chi connectivity index (χ2n) is 10.7. The summed E-state index contributed by atoms with van der Waals surface area (Å²) in [7, 11) is 2.01. The number of aryl methyl sites for hydroxylation is 2. The van der Waals surface area contributed by atoms with E-state index in [2.05, 4.69) is 37.4 Å². The largest absolute Gasteiger partial charge is 0.573 e. The fourth-order valence-electron chi connectivity index (χ4n) is 5.44. The van der Waals surface area contributed by atoms with Crippen molar-refractivity contribution in [3.63, 3.8) is 0 Å². The number of nitrogens with one attached hydrogen (secondary N) is 2. The highest BCUT2D eigenvalue weighted by Crippen LogP contribution is 2.38. The molecule has 0 fully saturated rings. The number of rotatable bonds is 11. The van der Waals surface area contributed by atoms with E-state index in [1.807, 2.05) is 49.5 Å². The molecule has 1 amide bonds. The van der Waals surface area contributed by atoms with E-state index in [-0.39, 0.29) is 31.2 Å². The van der Waals surface area contributed by atoms with Gasteiger partial charge in [-0.05, 0) is 72.7 Å². The van der Waals surface area contributed by atoms with Crippen molar-refractivity contribution in [2.45, 2.75) is 51.4 Å². The molecule has 1 aromatic heterocycles. The molecule has 0 saturated carbocycles. The zero-order valence-corrected chi connectivity index (χ0v) is 26.3. The fourth-order valence-corrected chi connectivity index (χ4v) is 6.31. The van der Waals surface area contributed by atoms with Crippen molar-refractivity contribution < 1.29 is 37.7 Å². The summed E-state index contributed by atoms with van der Waals surface area (Å²) in [6.07, 6.45) is -2.23. The molecule has 2 heterocycles. The molecule has 246 valence electrons. The van der Waals surface area contributed by atoms with Crippen LogP contribution in [0.1, 0.15) is 34.0 Å². The predicted molar refractivity (Wildman–Crippen MR) is 173 cm³/mol. The normalized spacial score (nSPS) is 14.1. The topological polar surface area (TPSA) is 116 Å². The number of carboxylic acid groups (broad SMARTS) is 1. The van der Waals surface area contributed by atoms with Gasteiger partial charge in [-0.25, -0.2) is 0 Å². The molecule has 0 unspecified atom stereocenters. The van der Waals surface area contributed by atoms with Crippen molar-refractivity contribution in [2.75, 3.05) is 23.7 Å². The standard InChI is InChI=1S/C32H35F3N4O3S.CH2O2/c1-3-39-20-23-12-13-43-38(2)27-16-24(17-28(39)30(23)27)31(41)37-26(15-21-8-5-4-6-9-21)29(40)19-36-18-22-10-7-11-25(14-22)42-32(33,34)35;2-1-3/h4-11,14,16-17,20,26,29,36,40H,3,12-13,15,18-19H2,1-2H3,(H,37,41);1H,(H,2,3)/t26-,29+;/m0./s1. The first-order valence-corrected chi connectivity index (χ1v) is 15.7. The maximum Gasteiger partial charge on any atom is 0.573 e. The van der Waals surface area contributed by atoms with Crippen molar-refractivity contribution in [2.24, 2.45) is 0 Å². The van der Waals surface area contributed by atoms with Gasteiger partial charge in [-0.1, -0.05) is 42.5 Å². The van der Waals surface area contributed by atoms with E-state index in [1.54, 1.807) is 18.0 Å². The van der Waals surface area contributed by atoms with Crippen molar-refractivity contribution in [1.82, 2.24) is 15.2 Å². The minimum Gasteiger partial charge on any atom is -0.483 e. The Balaban J connectivity index is 0.00000154. The van der Waals surface area contributed by atoms with Crippen LogP contribution in [0.3, 0.4) is 0 Å². The molecule has 9 nitrogen and oxygen atoms in total. The molecular formula is C33H37F3N4O5S. The first-order chi connectivity index (χ1) is 22.0. The number of aliphatic hydroxyl groups is 1. The summed E-state index contributed by atoms with van der Waals surface area (Å²) in [6.45, 7) is 2.93. The van der Waals surface area contributed by atoms with Gasteiger partial charge >= 0.3 is 6.36 Å². The summed E-state index contributed by atoms with van der Waals surface area (Å²) in [4.78, 5) is 22.1. The second kappa shape index (κ2) is 15.9. The van der Waals surface area contributed by atoms with Gasteiger partial charge in [-0.15, -0.1) is 13.2 Å². The highest BCUT2D eigenvalue weighted by Gasteiger charge is 2.31. The summed E-state index contributed by atoms with van der Waals surface area (Å²) in [5, 5.41) is 25.5. The molecule has 0 aliphatic carbocycles. The lowest BCUT2D eigenvalue weighted by Gasteiger charge is -2.25. The lowest BCUT2D eigenvalue weighted by atomic mass is 9.99. The van der Waals surface area contributed by atoms with Gasteiger partial charge in [0.1, 0.15) is 5.75 Å². The average molecular weight is 659 g/mol. The van der Waals surface area contributed by atoms with E-state index < -0.39 is 18.5 Å². The maximum atomic E-state index is 13.7. The summed E-state index contributed by atoms with van der Waals surface area (Å²) < 4.78 is 46.1. The zero-order chi connectivity index (χ0) is 33.3. The van der Waals surface area contributed by atoms with E-state index in [0.29, 0.717) is 17.5 Å². The number of ether oxygens (including phenoxy) is 1. The Labute approximate surface area is 269 Å². The molecule has 13 heteroatoms. The van der Waals surface area contributed by atoms with Crippen LogP contribution in [0, 0.1) is 0 Å². The van der Waals surface area contributed by atoms with Gasteiger partial charge in [0.25, 0.3) is 12.4 Å². The monoisotopic (exact) mass is 658 g/mol. The number of aromatic nitrogens is 1. The van der Waals surface area contributed by atoms with Gasteiger partial charge in [0.15, 0.2) is 0 Å². The Kier molecular flexibility index (Phi) is 12.0. The smallest absolute Gasteiger partial charge is 0.483 e. The highest BCUT2D eigenvalue weighted by molar-refractivity contribution is 8.00. The number of hydrogen-bond donors (Lipinski definition) is 4. The Morgan fingerprint density at radius 1 is 1.11 bits per heavy atom. The summed E-state index contributed by atoms with van der Waals surface area (Å²) >= 11 is 1.72. The first-order valence-electron chi connectivity index (χ1n) is 14.7. The van der Waals surface area contributed by atoms with Gasteiger partial charge in [0, 0.05) is 49.6 Å². The number of carbonyl (C=O) groups is 2. The molecule has 1 aliphatic rings. The van der Waals surface area contributed by atoms with Crippen LogP contribution in [0.4, 0.5) is 18.9 Å². The Bertz CT molecular complexity index is 1620. The Hall–Kier alpha value is -4.20. The average Bonchev–Trinajstić information content (AvgIpc) is 3.29. The van der Waals surface area contributed by atoms with Crippen molar-refractivity contribution in [3.8, 4) is 5.75 Å². The number of carbonyl (C=O) groups excluding carboxylic acids is 1. The van der Waals surface area contributed by atoms with Crippen LogP contribution in [-0.2, 0) is 30.7 Å². The van der Waals surface area contributed by atoms with Crippen LogP contribution in [-0.4, -0.2) is 65.0 Å². The summed E-state index contributed by atoms with van der Waals surface area (Å²) in [5.41, 5.74) is 5.30. The maximum absolute atomic E-state index is 13.7. The number of nitrogens with zero attached hydrogens (tertiary/aromatic N) is 2. The van der Waals surface area contributed by atoms with Gasteiger partial charge < -0.3 is 34.5 Å². The van der Waals surface area contributed by atoms with Gasteiger partial charge in [0.05, 0.1) is 23.3 Å². The van der Waals surface area contributed by atoms with Crippen molar-refractivity contribution >= 4 is 40.9 Å². The Morgan fingerprint density at radius 2 is 1.83 bits per heavy atom. The second-order valence-corrected chi connectivity index (χ2v) is 11.9. The lowest BCUT2D eigenvalue weighted by Crippen LogP contribution is -2.48. The first kappa shape index (κ1) is 34.7. The van der Waals surface area contributed by atoms with Crippen LogP contribution in [0.5, 0.6) is 5.75 Å². The van der Waals surface area contributed by atoms with Gasteiger partial charge in [-0.3, -0.25) is 9.59 Å². The highest BCUT2D eigenvalue weighted by atomic mass is 32.2. The van der Waals surface area contributed by atoms with Crippen molar-refractivity contribution in [3.05, 3.63) is 95.2 Å². The molecule has 4 N–H and O–H groups in total.